The van der Waals surface area contributed by atoms with E-state index in [1.54, 1.807) is 71.3 Å². The van der Waals surface area contributed by atoms with Gasteiger partial charge < -0.3 is 24.1 Å². The number of ether oxygens (including phenoxy) is 3. The first-order chi connectivity index (χ1) is 16.9. The predicted molar refractivity (Wildman–Crippen MR) is 133 cm³/mol. The van der Waals surface area contributed by atoms with Crippen molar-refractivity contribution in [2.45, 2.75) is 6.54 Å². The molecule has 35 heavy (non-hydrogen) atoms. The molecule has 0 aliphatic rings. The van der Waals surface area contributed by atoms with Crippen LogP contribution in [0.4, 0.5) is 5.69 Å². The van der Waals surface area contributed by atoms with E-state index >= 15 is 0 Å². The molecular weight excluding hydrogens is 448 g/mol. The van der Waals surface area contributed by atoms with Crippen LogP contribution in [0.3, 0.4) is 0 Å². The molecule has 0 saturated carbocycles. The van der Waals surface area contributed by atoms with Crippen molar-refractivity contribution in [3.8, 4) is 17.2 Å². The number of benzene rings is 3. The topological polar surface area (TPSA) is 95.9 Å². The number of aromatic nitrogens is 1. The predicted octanol–water partition coefficient (Wildman–Crippen LogP) is 3.90. The molecule has 0 atom stereocenters. The van der Waals surface area contributed by atoms with Gasteiger partial charge in [-0.1, -0.05) is 30.3 Å². The van der Waals surface area contributed by atoms with Gasteiger partial charge in [-0.3, -0.25) is 14.4 Å². The van der Waals surface area contributed by atoms with Crippen LogP contribution in [0.15, 0.2) is 77.7 Å². The van der Waals surface area contributed by atoms with E-state index in [0.717, 1.165) is 0 Å². The van der Waals surface area contributed by atoms with Gasteiger partial charge in [0.15, 0.2) is 5.78 Å². The summed E-state index contributed by atoms with van der Waals surface area (Å²) in [5, 5.41) is 3.09. The van der Waals surface area contributed by atoms with Crippen molar-refractivity contribution >= 4 is 28.3 Å². The number of amides is 1. The van der Waals surface area contributed by atoms with Crippen LogP contribution in [0.5, 0.6) is 17.2 Å². The maximum absolute atomic E-state index is 13.3. The van der Waals surface area contributed by atoms with Crippen LogP contribution in [-0.2, 0) is 11.3 Å². The van der Waals surface area contributed by atoms with E-state index in [4.69, 9.17) is 14.2 Å². The summed E-state index contributed by atoms with van der Waals surface area (Å²) in [7, 11) is 4.52. The normalized spacial score (nSPS) is 10.6. The van der Waals surface area contributed by atoms with Crippen LogP contribution >= 0.6 is 0 Å². The molecule has 8 heteroatoms. The van der Waals surface area contributed by atoms with Gasteiger partial charge in [0.1, 0.15) is 23.8 Å². The van der Waals surface area contributed by atoms with Crippen molar-refractivity contribution in [1.82, 2.24) is 4.57 Å². The maximum atomic E-state index is 13.3. The zero-order valence-corrected chi connectivity index (χ0v) is 19.5. The minimum absolute atomic E-state index is 0.0382. The number of ketones is 1. The lowest BCUT2D eigenvalue weighted by Crippen LogP contribution is -2.24. The lowest BCUT2D eigenvalue weighted by atomic mass is 10.0. The van der Waals surface area contributed by atoms with Crippen LogP contribution in [0.2, 0.25) is 0 Å². The summed E-state index contributed by atoms with van der Waals surface area (Å²) in [5.74, 6) is 0.682. The van der Waals surface area contributed by atoms with Crippen LogP contribution in [0, 0.1) is 0 Å². The van der Waals surface area contributed by atoms with Crippen LogP contribution < -0.4 is 25.0 Å². The summed E-state index contributed by atoms with van der Waals surface area (Å²) >= 11 is 0. The van der Waals surface area contributed by atoms with E-state index in [1.165, 1.54) is 27.5 Å². The lowest BCUT2D eigenvalue weighted by Gasteiger charge is -2.15. The Morgan fingerprint density at radius 2 is 1.54 bits per heavy atom. The molecule has 0 saturated heterocycles. The van der Waals surface area contributed by atoms with Crippen molar-refractivity contribution < 1.29 is 23.8 Å². The van der Waals surface area contributed by atoms with E-state index in [0.29, 0.717) is 34.0 Å². The molecule has 1 heterocycles. The van der Waals surface area contributed by atoms with E-state index in [9.17, 15) is 14.4 Å². The van der Waals surface area contributed by atoms with Gasteiger partial charge in [-0.05, 0) is 30.3 Å². The highest BCUT2D eigenvalue weighted by Crippen LogP contribution is 2.29. The van der Waals surface area contributed by atoms with Crippen LogP contribution in [0.1, 0.15) is 15.9 Å². The number of carbonyl (C=O) groups excluding carboxylic acids is 2. The Hall–Kier alpha value is -4.59. The highest BCUT2D eigenvalue weighted by molar-refractivity contribution is 6.10. The van der Waals surface area contributed by atoms with Gasteiger partial charge >= 0.3 is 0 Å². The van der Waals surface area contributed by atoms with Crippen molar-refractivity contribution in [1.29, 1.82) is 0 Å². The van der Waals surface area contributed by atoms with E-state index < -0.39 is 11.2 Å². The maximum Gasteiger partial charge on any atom is 0.244 e. The lowest BCUT2D eigenvalue weighted by molar-refractivity contribution is -0.116. The molecule has 0 fully saturated rings. The molecule has 0 unspecified atom stereocenters. The second kappa shape index (κ2) is 10.1. The number of nitrogens with zero attached hydrogens (tertiary/aromatic N) is 1. The molecule has 1 amide bonds. The van der Waals surface area contributed by atoms with Gasteiger partial charge in [0, 0.05) is 17.8 Å². The molecule has 8 nitrogen and oxygen atoms in total. The average Bonchev–Trinajstić information content (AvgIpc) is 2.90. The average molecular weight is 472 g/mol. The van der Waals surface area contributed by atoms with Gasteiger partial charge in [0.2, 0.25) is 11.3 Å². The second-order valence-corrected chi connectivity index (χ2v) is 7.69. The van der Waals surface area contributed by atoms with Gasteiger partial charge in [0.25, 0.3) is 0 Å². The summed E-state index contributed by atoms with van der Waals surface area (Å²) in [6.07, 6.45) is 1.43. The van der Waals surface area contributed by atoms with Crippen LogP contribution in [0.25, 0.3) is 10.9 Å². The monoisotopic (exact) mass is 472 g/mol. The number of hydrogen-bond donors (Lipinski definition) is 1. The fourth-order valence-corrected chi connectivity index (χ4v) is 3.80. The summed E-state index contributed by atoms with van der Waals surface area (Å²) in [5.41, 5.74) is 0.837. The summed E-state index contributed by atoms with van der Waals surface area (Å²) in [6, 6.07) is 18.5. The van der Waals surface area contributed by atoms with E-state index in [-0.39, 0.29) is 23.4 Å². The zero-order chi connectivity index (χ0) is 24.9. The second-order valence-electron chi connectivity index (χ2n) is 7.69. The summed E-state index contributed by atoms with van der Waals surface area (Å²) < 4.78 is 17.4. The molecule has 0 bridgehead atoms. The molecule has 0 radical (unpaired) electrons. The fourth-order valence-electron chi connectivity index (χ4n) is 3.80. The summed E-state index contributed by atoms with van der Waals surface area (Å²) in [4.78, 5) is 39.5. The van der Waals surface area contributed by atoms with Gasteiger partial charge in [-0.15, -0.1) is 0 Å². The third-order valence-electron chi connectivity index (χ3n) is 5.56. The van der Waals surface area contributed by atoms with E-state index in [1.807, 2.05) is 0 Å². The molecule has 0 spiro atoms. The molecule has 4 aromatic rings. The Morgan fingerprint density at radius 3 is 2.23 bits per heavy atom. The Kier molecular flexibility index (Phi) is 6.82. The van der Waals surface area contributed by atoms with E-state index in [2.05, 4.69) is 5.32 Å². The SMILES string of the molecule is COc1ccc(OC)c(NC(=O)Cn2cc(C(=O)c3ccccc3)c(=O)c3cc(OC)ccc32)c1. The number of nitrogens with one attached hydrogen (secondary N) is 1. The number of hydrogen-bond acceptors (Lipinski definition) is 6. The number of methoxy groups -OCH3 is 3. The molecule has 4 rings (SSSR count). The van der Waals surface area contributed by atoms with Gasteiger partial charge in [-0.25, -0.2) is 0 Å². The van der Waals surface area contributed by atoms with Crippen LogP contribution in [-0.4, -0.2) is 37.6 Å². The van der Waals surface area contributed by atoms with Crippen molar-refractivity contribution in [3.05, 3.63) is 94.3 Å². The first-order valence-electron chi connectivity index (χ1n) is 10.8. The van der Waals surface area contributed by atoms with Gasteiger partial charge in [0.05, 0.1) is 43.5 Å². The summed E-state index contributed by atoms with van der Waals surface area (Å²) in [6.45, 7) is -0.154. The Balaban J connectivity index is 1.77. The smallest absolute Gasteiger partial charge is 0.244 e. The highest BCUT2D eigenvalue weighted by Gasteiger charge is 2.19. The molecule has 0 aliphatic heterocycles. The highest BCUT2D eigenvalue weighted by atomic mass is 16.5. The molecule has 1 N–H and O–H groups in total. The fraction of sp³-hybridized carbons (Fsp3) is 0.148. The molecular formula is C27H24N2O6. The molecule has 178 valence electrons. The Morgan fingerprint density at radius 1 is 0.857 bits per heavy atom. The molecule has 1 aromatic heterocycles. The minimum Gasteiger partial charge on any atom is -0.497 e. The molecule has 0 aliphatic carbocycles. The first-order valence-corrected chi connectivity index (χ1v) is 10.8. The van der Waals surface area contributed by atoms with Crippen molar-refractivity contribution in [3.63, 3.8) is 0 Å². The first kappa shape index (κ1) is 23.6. The number of fused-ring (bicyclic) bond motifs is 1. The number of rotatable bonds is 8. The largest absolute Gasteiger partial charge is 0.497 e. The molecule has 3 aromatic carbocycles. The number of anilines is 1. The zero-order valence-electron chi connectivity index (χ0n) is 19.5. The quantitative estimate of drug-likeness (QED) is 0.391. The third-order valence-corrected chi connectivity index (χ3v) is 5.56. The standard InChI is InChI=1S/C27H24N2O6/c1-33-18-9-11-23-20(13-18)27(32)21(26(31)17-7-5-4-6-8-17)15-29(23)16-25(30)28-22-14-19(34-2)10-12-24(22)35-3/h4-15H,16H2,1-3H3,(H,28,30). The Labute approximate surface area is 201 Å². The Bertz CT molecular complexity index is 1460. The van der Waals surface area contributed by atoms with Gasteiger partial charge in [-0.2, -0.15) is 0 Å². The minimum atomic E-state index is -0.432. The van der Waals surface area contributed by atoms with Crippen molar-refractivity contribution in [2.75, 3.05) is 26.6 Å². The third kappa shape index (κ3) is 4.86. The van der Waals surface area contributed by atoms with Crippen molar-refractivity contribution in [2.24, 2.45) is 0 Å². The number of pyridine rings is 1. The number of carbonyl (C=O) groups is 2.